The average Bonchev–Trinajstić information content (AvgIpc) is 2.79. The fourth-order valence-electron chi connectivity index (χ4n) is 1.40. The molecule has 0 aliphatic rings. The minimum absolute atomic E-state index is 0.0969. The third-order valence-corrected chi connectivity index (χ3v) is 2.22. The van der Waals surface area contributed by atoms with Gasteiger partial charge in [0.1, 0.15) is 12.4 Å². The van der Waals surface area contributed by atoms with Gasteiger partial charge in [0.2, 0.25) is 5.88 Å². The number of rotatable bonds is 4. The summed E-state index contributed by atoms with van der Waals surface area (Å²) in [6.07, 6.45) is 3.30. The van der Waals surface area contributed by atoms with Crippen LogP contribution in [0.1, 0.15) is 24.3 Å². The molecular formula is C12H14N2O2. The molecule has 2 heterocycles. The number of nitrogens with two attached hydrogens (primary N) is 1. The molecule has 2 rings (SSSR count). The van der Waals surface area contributed by atoms with Crippen LogP contribution in [0.4, 0.5) is 0 Å². The predicted octanol–water partition coefficient (Wildman–Crippen LogP) is 2.27. The van der Waals surface area contributed by atoms with Gasteiger partial charge in [0, 0.05) is 17.8 Å². The largest absolute Gasteiger partial charge is 0.469 e. The van der Waals surface area contributed by atoms with Crippen molar-refractivity contribution in [1.29, 1.82) is 0 Å². The zero-order chi connectivity index (χ0) is 11.4. The SMILES string of the molecule is CC(N)c1cccnc1OCc1ccco1. The van der Waals surface area contributed by atoms with Gasteiger partial charge in [0.15, 0.2) is 0 Å². The molecule has 4 heteroatoms. The van der Waals surface area contributed by atoms with Crippen LogP contribution in [-0.4, -0.2) is 4.98 Å². The minimum Gasteiger partial charge on any atom is -0.469 e. The maximum Gasteiger partial charge on any atom is 0.218 e. The van der Waals surface area contributed by atoms with Crippen LogP contribution in [0, 0.1) is 0 Å². The quantitative estimate of drug-likeness (QED) is 0.855. The number of hydrogen-bond donors (Lipinski definition) is 1. The number of ether oxygens (including phenoxy) is 1. The second-order valence-corrected chi connectivity index (χ2v) is 3.55. The molecule has 0 aliphatic heterocycles. The van der Waals surface area contributed by atoms with Crippen molar-refractivity contribution in [2.45, 2.75) is 19.6 Å². The van der Waals surface area contributed by atoms with E-state index in [0.29, 0.717) is 12.5 Å². The van der Waals surface area contributed by atoms with Crippen LogP contribution in [0.5, 0.6) is 5.88 Å². The predicted molar refractivity (Wildman–Crippen MR) is 59.9 cm³/mol. The normalized spacial score (nSPS) is 12.4. The fraction of sp³-hybridized carbons (Fsp3) is 0.250. The number of nitrogens with zero attached hydrogens (tertiary/aromatic N) is 1. The Labute approximate surface area is 94.1 Å². The molecule has 0 bridgehead atoms. The Morgan fingerprint density at radius 2 is 2.31 bits per heavy atom. The molecule has 2 N–H and O–H groups in total. The van der Waals surface area contributed by atoms with Gasteiger partial charge in [0.05, 0.1) is 6.26 Å². The van der Waals surface area contributed by atoms with Crippen LogP contribution in [0.25, 0.3) is 0 Å². The number of furan rings is 1. The van der Waals surface area contributed by atoms with Gasteiger partial charge in [-0.05, 0) is 25.1 Å². The van der Waals surface area contributed by atoms with Gasteiger partial charge in [0.25, 0.3) is 0 Å². The van der Waals surface area contributed by atoms with Gasteiger partial charge in [-0.15, -0.1) is 0 Å². The van der Waals surface area contributed by atoms with Crippen molar-refractivity contribution in [3.8, 4) is 5.88 Å². The Kier molecular flexibility index (Phi) is 3.22. The summed E-state index contributed by atoms with van der Waals surface area (Å²) in [7, 11) is 0. The Balaban J connectivity index is 2.09. The van der Waals surface area contributed by atoms with E-state index >= 15 is 0 Å². The van der Waals surface area contributed by atoms with E-state index in [1.807, 2.05) is 31.2 Å². The van der Waals surface area contributed by atoms with Gasteiger partial charge in [-0.2, -0.15) is 0 Å². The first-order valence-electron chi connectivity index (χ1n) is 5.13. The highest BCUT2D eigenvalue weighted by Crippen LogP contribution is 2.21. The lowest BCUT2D eigenvalue weighted by molar-refractivity contribution is 0.257. The molecule has 0 saturated heterocycles. The summed E-state index contributed by atoms with van der Waals surface area (Å²) < 4.78 is 10.7. The van der Waals surface area contributed by atoms with Crippen molar-refractivity contribution < 1.29 is 9.15 Å². The minimum atomic E-state index is -0.0969. The fourth-order valence-corrected chi connectivity index (χ4v) is 1.40. The van der Waals surface area contributed by atoms with E-state index in [1.54, 1.807) is 12.5 Å². The monoisotopic (exact) mass is 218 g/mol. The summed E-state index contributed by atoms with van der Waals surface area (Å²) in [4.78, 5) is 4.16. The number of aromatic nitrogens is 1. The molecule has 2 aromatic rings. The zero-order valence-electron chi connectivity index (χ0n) is 9.09. The number of hydrogen-bond acceptors (Lipinski definition) is 4. The van der Waals surface area contributed by atoms with Gasteiger partial charge in [-0.1, -0.05) is 6.07 Å². The smallest absolute Gasteiger partial charge is 0.218 e. The standard InChI is InChI=1S/C12H14N2O2/c1-9(13)11-5-2-6-14-12(11)16-8-10-4-3-7-15-10/h2-7,9H,8,13H2,1H3. The Morgan fingerprint density at radius 3 is 3.00 bits per heavy atom. The molecule has 0 aliphatic carbocycles. The highest BCUT2D eigenvalue weighted by atomic mass is 16.5. The molecule has 16 heavy (non-hydrogen) atoms. The maximum atomic E-state index is 5.82. The van der Waals surface area contributed by atoms with Crippen LogP contribution >= 0.6 is 0 Å². The van der Waals surface area contributed by atoms with Crippen LogP contribution in [0.2, 0.25) is 0 Å². The van der Waals surface area contributed by atoms with Crippen molar-refractivity contribution in [3.05, 3.63) is 48.0 Å². The van der Waals surface area contributed by atoms with Crippen molar-refractivity contribution in [2.75, 3.05) is 0 Å². The molecule has 0 aromatic carbocycles. The maximum absolute atomic E-state index is 5.82. The summed E-state index contributed by atoms with van der Waals surface area (Å²) in [5, 5.41) is 0. The average molecular weight is 218 g/mol. The zero-order valence-corrected chi connectivity index (χ0v) is 9.09. The first kappa shape index (κ1) is 10.7. The van der Waals surface area contributed by atoms with Gasteiger partial charge in [-0.25, -0.2) is 4.98 Å². The highest BCUT2D eigenvalue weighted by molar-refractivity contribution is 5.28. The van der Waals surface area contributed by atoms with Gasteiger partial charge >= 0.3 is 0 Å². The van der Waals surface area contributed by atoms with E-state index in [9.17, 15) is 0 Å². The molecule has 0 saturated carbocycles. The van der Waals surface area contributed by atoms with Crippen LogP contribution in [-0.2, 0) is 6.61 Å². The van der Waals surface area contributed by atoms with Gasteiger partial charge < -0.3 is 14.9 Å². The second kappa shape index (κ2) is 4.81. The van der Waals surface area contributed by atoms with E-state index < -0.39 is 0 Å². The lowest BCUT2D eigenvalue weighted by Gasteiger charge is -2.11. The lowest BCUT2D eigenvalue weighted by atomic mass is 10.1. The van der Waals surface area contributed by atoms with Crippen LogP contribution in [0.15, 0.2) is 41.1 Å². The molecule has 0 amide bonds. The van der Waals surface area contributed by atoms with Crippen LogP contribution < -0.4 is 10.5 Å². The first-order valence-corrected chi connectivity index (χ1v) is 5.13. The Hall–Kier alpha value is -1.81. The van der Waals surface area contributed by atoms with E-state index in [-0.39, 0.29) is 6.04 Å². The molecular weight excluding hydrogens is 204 g/mol. The summed E-state index contributed by atoms with van der Waals surface area (Å²) >= 11 is 0. The van der Waals surface area contributed by atoms with Crippen molar-refractivity contribution in [3.63, 3.8) is 0 Å². The summed E-state index contributed by atoms with van der Waals surface area (Å²) in [5.41, 5.74) is 6.72. The van der Waals surface area contributed by atoms with E-state index in [0.717, 1.165) is 11.3 Å². The van der Waals surface area contributed by atoms with E-state index in [4.69, 9.17) is 14.9 Å². The molecule has 0 radical (unpaired) electrons. The van der Waals surface area contributed by atoms with E-state index in [1.165, 1.54) is 0 Å². The van der Waals surface area contributed by atoms with E-state index in [2.05, 4.69) is 4.98 Å². The molecule has 4 nitrogen and oxygen atoms in total. The topological polar surface area (TPSA) is 61.3 Å². The molecule has 0 fully saturated rings. The Bertz CT molecular complexity index is 438. The lowest BCUT2D eigenvalue weighted by Crippen LogP contribution is -2.08. The summed E-state index contributed by atoms with van der Waals surface area (Å²) in [5.74, 6) is 1.33. The highest BCUT2D eigenvalue weighted by Gasteiger charge is 2.09. The first-order chi connectivity index (χ1) is 7.77. The summed E-state index contributed by atoms with van der Waals surface area (Å²) in [6.45, 7) is 2.26. The number of pyridine rings is 1. The molecule has 84 valence electrons. The van der Waals surface area contributed by atoms with Crippen molar-refractivity contribution in [1.82, 2.24) is 4.98 Å². The molecule has 1 unspecified atom stereocenters. The van der Waals surface area contributed by atoms with Crippen molar-refractivity contribution in [2.24, 2.45) is 5.73 Å². The third kappa shape index (κ3) is 2.41. The Morgan fingerprint density at radius 1 is 1.44 bits per heavy atom. The molecule has 2 aromatic heterocycles. The molecule has 0 spiro atoms. The summed E-state index contributed by atoms with van der Waals surface area (Å²) in [6, 6.07) is 7.34. The van der Waals surface area contributed by atoms with Crippen molar-refractivity contribution >= 4 is 0 Å². The van der Waals surface area contributed by atoms with Crippen LogP contribution in [0.3, 0.4) is 0 Å². The molecule has 1 atom stereocenters. The second-order valence-electron chi connectivity index (χ2n) is 3.55. The third-order valence-electron chi connectivity index (χ3n) is 2.22. The van der Waals surface area contributed by atoms with Gasteiger partial charge in [-0.3, -0.25) is 0 Å².